The van der Waals surface area contributed by atoms with Crippen LogP contribution in [0.15, 0.2) is 48.5 Å². The fraction of sp³-hybridized carbons (Fsp3) is 0.440. The van der Waals surface area contributed by atoms with Crippen LogP contribution in [-0.4, -0.2) is 57.8 Å². The molecular weight excluding hydrogens is 404 g/mol. The molecule has 7 nitrogen and oxygen atoms in total. The van der Waals surface area contributed by atoms with Gasteiger partial charge in [-0.15, -0.1) is 0 Å². The minimum atomic E-state index is -0.362. The number of benzene rings is 2. The van der Waals surface area contributed by atoms with Gasteiger partial charge in [0.15, 0.2) is 0 Å². The number of hydrogen-bond acceptors (Lipinski definition) is 5. The molecule has 3 aliphatic rings. The number of carbonyl (C=O) groups is 2. The maximum absolute atomic E-state index is 13.1. The van der Waals surface area contributed by atoms with E-state index in [2.05, 4.69) is 27.2 Å². The third-order valence-corrected chi connectivity index (χ3v) is 6.64. The van der Waals surface area contributed by atoms with Gasteiger partial charge in [0.2, 0.25) is 11.8 Å². The van der Waals surface area contributed by atoms with Gasteiger partial charge in [0, 0.05) is 50.5 Å². The Bertz CT molecular complexity index is 965. The molecular formula is C25H30N4O3. The number of morpholine rings is 1. The quantitative estimate of drug-likeness (QED) is 0.783. The molecule has 1 N–H and O–H groups in total. The Balaban J connectivity index is 1.25. The van der Waals surface area contributed by atoms with Crippen LogP contribution in [0, 0.1) is 5.92 Å². The highest BCUT2D eigenvalue weighted by molar-refractivity contribution is 6.04. The van der Waals surface area contributed by atoms with E-state index < -0.39 is 0 Å². The fourth-order valence-corrected chi connectivity index (χ4v) is 4.85. The normalized spacial score (nSPS) is 21.3. The zero-order valence-electron chi connectivity index (χ0n) is 18.3. The summed E-state index contributed by atoms with van der Waals surface area (Å²) in [4.78, 5) is 32.1. The highest BCUT2D eigenvalue weighted by atomic mass is 16.5. The Morgan fingerprint density at radius 3 is 2.31 bits per heavy atom. The summed E-state index contributed by atoms with van der Waals surface area (Å²) in [5.41, 5.74) is 3.86. The summed E-state index contributed by atoms with van der Waals surface area (Å²) >= 11 is 0. The molecule has 1 atom stereocenters. The number of rotatable bonds is 5. The maximum Gasteiger partial charge on any atom is 0.229 e. The standard InChI is InChI=1S/C25H30N4O3/c30-24-17-19(18-29(24)21-9-7-20(8-10-21)27-11-3-4-12-27)25(31)26-22-5-1-2-6-23(22)28-13-15-32-16-14-28/h1-2,5-10,19H,3-4,11-18H2,(H,26,31). The Morgan fingerprint density at radius 2 is 1.56 bits per heavy atom. The second-order valence-corrected chi connectivity index (χ2v) is 8.72. The van der Waals surface area contributed by atoms with Crippen LogP contribution < -0.4 is 20.0 Å². The van der Waals surface area contributed by atoms with Gasteiger partial charge in [-0.3, -0.25) is 9.59 Å². The van der Waals surface area contributed by atoms with Crippen LogP contribution in [0.3, 0.4) is 0 Å². The zero-order valence-corrected chi connectivity index (χ0v) is 18.3. The second kappa shape index (κ2) is 9.20. The van der Waals surface area contributed by atoms with Gasteiger partial charge in [-0.1, -0.05) is 12.1 Å². The van der Waals surface area contributed by atoms with E-state index >= 15 is 0 Å². The van der Waals surface area contributed by atoms with Crippen molar-refractivity contribution in [3.05, 3.63) is 48.5 Å². The van der Waals surface area contributed by atoms with Crippen molar-refractivity contribution >= 4 is 34.6 Å². The van der Waals surface area contributed by atoms with Crippen LogP contribution in [-0.2, 0) is 14.3 Å². The third-order valence-electron chi connectivity index (χ3n) is 6.64. The smallest absolute Gasteiger partial charge is 0.229 e. The van der Waals surface area contributed by atoms with Crippen molar-refractivity contribution < 1.29 is 14.3 Å². The van der Waals surface area contributed by atoms with E-state index in [1.54, 1.807) is 4.90 Å². The molecule has 1 unspecified atom stereocenters. The van der Waals surface area contributed by atoms with E-state index in [-0.39, 0.29) is 24.2 Å². The molecule has 3 aliphatic heterocycles. The first kappa shape index (κ1) is 20.8. The van der Waals surface area contributed by atoms with Crippen LogP contribution in [0.5, 0.6) is 0 Å². The van der Waals surface area contributed by atoms with Crippen LogP contribution in [0.4, 0.5) is 22.7 Å². The molecule has 2 aromatic carbocycles. The van der Waals surface area contributed by atoms with E-state index in [1.165, 1.54) is 18.5 Å². The first-order valence-corrected chi connectivity index (χ1v) is 11.6. The lowest BCUT2D eigenvalue weighted by atomic mass is 10.1. The largest absolute Gasteiger partial charge is 0.378 e. The van der Waals surface area contributed by atoms with Gasteiger partial charge < -0.3 is 24.8 Å². The molecule has 2 aromatic rings. The topological polar surface area (TPSA) is 65.1 Å². The molecule has 168 valence electrons. The van der Waals surface area contributed by atoms with Gasteiger partial charge in [0.25, 0.3) is 0 Å². The van der Waals surface area contributed by atoms with Gasteiger partial charge in [-0.25, -0.2) is 0 Å². The minimum Gasteiger partial charge on any atom is -0.378 e. The number of ether oxygens (including phenoxy) is 1. The average molecular weight is 435 g/mol. The lowest BCUT2D eigenvalue weighted by Crippen LogP contribution is -2.37. The number of hydrogen-bond donors (Lipinski definition) is 1. The van der Waals surface area contributed by atoms with Crippen molar-refractivity contribution in [2.24, 2.45) is 5.92 Å². The second-order valence-electron chi connectivity index (χ2n) is 8.72. The van der Waals surface area contributed by atoms with Gasteiger partial charge in [0.1, 0.15) is 0 Å². The first-order chi connectivity index (χ1) is 15.7. The van der Waals surface area contributed by atoms with E-state index in [9.17, 15) is 9.59 Å². The summed E-state index contributed by atoms with van der Waals surface area (Å²) in [5.74, 6) is -0.464. The Labute approximate surface area is 188 Å². The number of amides is 2. The SMILES string of the molecule is O=C(Nc1ccccc1N1CCOCC1)C1CC(=O)N(c2ccc(N3CCCC3)cc2)C1. The molecule has 3 fully saturated rings. The van der Waals surface area contributed by atoms with E-state index in [4.69, 9.17) is 4.74 Å². The Morgan fingerprint density at radius 1 is 0.875 bits per heavy atom. The van der Waals surface area contributed by atoms with Crippen LogP contribution in [0.1, 0.15) is 19.3 Å². The van der Waals surface area contributed by atoms with Crippen molar-refractivity contribution in [3.63, 3.8) is 0 Å². The van der Waals surface area contributed by atoms with E-state index in [0.717, 1.165) is 43.2 Å². The molecule has 0 aliphatic carbocycles. The molecule has 7 heteroatoms. The number of carbonyl (C=O) groups excluding carboxylic acids is 2. The summed E-state index contributed by atoms with van der Waals surface area (Å²) < 4.78 is 5.45. The van der Waals surface area contributed by atoms with Gasteiger partial charge in [-0.2, -0.15) is 0 Å². The van der Waals surface area contributed by atoms with Gasteiger partial charge in [-0.05, 0) is 49.2 Å². The number of para-hydroxylation sites is 2. The molecule has 2 amide bonds. The van der Waals surface area contributed by atoms with Crippen molar-refractivity contribution in [2.45, 2.75) is 19.3 Å². The third kappa shape index (κ3) is 4.30. The molecule has 32 heavy (non-hydrogen) atoms. The maximum atomic E-state index is 13.1. The van der Waals surface area contributed by atoms with Crippen molar-refractivity contribution in [2.75, 3.05) is 66.0 Å². The van der Waals surface area contributed by atoms with Crippen LogP contribution in [0.25, 0.3) is 0 Å². The summed E-state index contributed by atoms with van der Waals surface area (Å²) in [7, 11) is 0. The van der Waals surface area contributed by atoms with Crippen LogP contribution >= 0.6 is 0 Å². The molecule has 0 spiro atoms. The van der Waals surface area contributed by atoms with Crippen LogP contribution in [0.2, 0.25) is 0 Å². The summed E-state index contributed by atoms with van der Waals surface area (Å²) in [5, 5.41) is 3.08. The molecule has 3 saturated heterocycles. The molecule has 0 bridgehead atoms. The van der Waals surface area contributed by atoms with Gasteiger partial charge >= 0.3 is 0 Å². The van der Waals surface area contributed by atoms with E-state index in [0.29, 0.717) is 19.8 Å². The molecule has 0 radical (unpaired) electrons. The number of nitrogens with zero attached hydrogens (tertiary/aromatic N) is 3. The predicted molar refractivity (Wildman–Crippen MR) is 126 cm³/mol. The summed E-state index contributed by atoms with van der Waals surface area (Å²) in [6.45, 7) is 5.57. The zero-order chi connectivity index (χ0) is 21.9. The Hall–Kier alpha value is -3.06. The van der Waals surface area contributed by atoms with E-state index in [1.807, 2.05) is 36.4 Å². The lowest BCUT2D eigenvalue weighted by molar-refractivity contribution is -0.122. The highest BCUT2D eigenvalue weighted by Crippen LogP contribution is 2.31. The predicted octanol–water partition coefficient (Wildman–Crippen LogP) is 3.12. The van der Waals surface area contributed by atoms with Gasteiger partial charge in [0.05, 0.1) is 30.5 Å². The van der Waals surface area contributed by atoms with Crippen molar-refractivity contribution in [1.82, 2.24) is 0 Å². The minimum absolute atomic E-state index is 0.000497. The average Bonchev–Trinajstić information content (AvgIpc) is 3.50. The monoisotopic (exact) mass is 434 g/mol. The number of nitrogens with one attached hydrogen (secondary N) is 1. The molecule has 0 aromatic heterocycles. The summed E-state index contributed by atoms with van der Waals surface area (Å²) in [6, 6.07) is 16.0. The fourth-order valence-electron chi connectivity index (χ4n) is 4.85. The highest BCUT2D eigenvalue weighted by Gasteiger charge is 2.35. The molecule has 5 rings (SSSR count). The first-order valence-electron chi connectivity index (χ1n) is 11.6. The Kier molecular flexibility index (Phi) is 5.99. The lowest BCUT2D eigenvalue weighted by Gasteiger charge is -2.30. The molecule has 3 heterocycles. The van der Waals surface area contributed by atoms with Crippen molar-refractivity contribution in [3.8, 4) is 0 Å². The molecule has 0 saturated carbocycles. The number of anilines is 4. The summed E-state index contributed by atoms with van der Waals surface area (Å²) in [6.07, 6.45) is 2.70. The van der Waals surface area contributed by atoms with Crippen molar-refractivity contribution in [1.29, 1.82) is 0 Å².